The van der Waals surface area contributed by atoms with Crippen LogP contribution in [0, 0.1) is 5.92 Å². The van der Waals surface area contributed by atoms with Crippen molar-refractivity contribution >= 4 is 0 Å². The maximum atomic E-state index is 10.0. The molecule has 2 unspecified atom stereocenters. The number of imidazole rings is 1. The molecular weight excluding hydrogens is 202 g/mol. The highest BCUT2D eigenvalue weighted by Crippen LogP contribution is 2.26. The highest BCUT2D eigenvalue weighted by Gasteiger charge is 2.24. The van der Waals surface area contributed by atoms with Crippen LogP contribution in [-0.2, 0) is 12.8 Å². The summed E-state index contributed by atoms with van der Waals surface area (Å²) in [5.74, 6) is 1.77. The Bertz CT molecular complexity index is 368. The van der Waals surface area contributed by atoms with Crippen LogP contribution in [0.15, 0.2) is 6.20 Å². The molecule has 1 aromatic heterocycles. The van der Waals surface area contributed by atoms with Gasteiger partial charge in [-0.05, 0) is 44.7 Å². The van der Waals surface area contributed by atoms with Crippen molar-refractivity contribution in [2.45, 2.75) is 38.3 Å². The summed E-state index contributed by atoms with van der Waals surface area (Å²) in [5, 5.41) is 13.4. The van der Waals surface area contributed by atoms with E-state index in [1.54, 1.807) is 0 Å². The molecular formula is C12H19N3O. The van der Waals surface area contributed by atoms with Gasteiger partial charge in [0.05, 0.1) is 0 Å². The Kier molecular flexibility index (Phi) is 2.69. The number of hydrogen-bond acceptors (Lipinski definition) is 3. The number of nitrogens with one attached hydrogen (secondary N) is 1. The Morgan fingerprint density at radius 3 is 3.25 bits per heavy atom. The quantitative estimate of drug-likeness (QED) is 0.779. The lowest BCUT2D eigenvalue weighted by Crippen LogP contribution is -2.21. The third-order valence-corrected chi connectivity index (χ3v) is 3.78. The first kappa shape index (κ1) is 10.3. The molecule has 1 aromatic rings. The second-order valence-electron chi connectivity index (χ2n) is 4.97. The molecule has 4 heteroatoms. The van der Waals surface area contributed by atoms with Crippen LogP contribution in [-0.4, -0.2) is 27.7 Å². The van der Waals surface area contributed by atoms with Crippen LogP contribution in [0.3, 0.4) is 0 Å². The van der Waals surface area contributed by atoms with Gasteiger partial charge in [0.1, 0.15) is 12.1 Å². The number of rotatable bonds is 2. The molecule has 88 valence electrons. The maximum absolute atomic E-state index is 10.0. The van der Waals surface area contributed by atoms with Crippen molar-refractivity contribution in [1.82, 2.24) is 14.9 Å². The Morgan fingerprint density at radius 1 is 1.50 bits per heavy atom. The van der Waals surface area contributed by atoms with E-state index in [0.717, 1.165) is 44.6 Å². The van der Waals surface area contributed by atoms with Crippen LogP contribution >= 0.6 is 0 Å². The van der Waals surface area contributed by atoms with Crippen molar-refractivity contribution in [2.75, 3.05) is 13.1 Å². The van der Waals surface area contributed by atoms with Gasteiger partial charge in [-0.2, -0.15) is 0 Å². The largest absolute Gasteiger partial charge is 0.373 e. The molecule has 0 aliphatic carbocycles. The number of aliphatic hydroxyl groups is 1. The van der Waals surface area contributed by atoms with E-state index in [0.29, 0.717) is 5.92 Å². The normalized spacial score (nSPS) is 29.3. The number of aromatic nitrogens is 2. The standard InChI is InChI=1S/C12H19N3O/c16-12-3-1-2-10-8-14-11(15(10)12)6-9-4-5-13-7-9/h8-9,12-13,16H,1-7H2. The molecule has 1 fully saturated rings. The molecule has 2 aliphatic rings. The fourth-order valence-corrected chi connectivity index (χ4v) is 2.88. The van der Waals surface area contributed by atoms with E-state index in [4.69, 9.17) is 0 Å². The Hall–Kier alpha value is -0.870. The molecule has 4 nitrogen and oxygen atoms in total. The first-order valence-corrected chi connectivity index (χ1v) is 6.28. The van der Waals surface area contributed by atoms with Gasteiger partial charge >= 0.3 is 0 Å². The molecule has 0 radical (unpaired) electrons. The minimum Gasteiger partial charge on any atom is -0.373 e. The molecule has 2 aliphatic heterocycles. The van der Waals surface area contributed by atoms with Crippen molar-refractivity contribution in [2.24, 2.45) is 5.92 Å². The zero-order valence-corrected chi connectivity index (χ0v) is 9.52. The minimum absolute atomic E-state index is 0.337. The van der Waals surface area contributed by atoms with Crippen molar-refractivity contribution < 1.29 is 5.11 Å². The maximum Gasteiger partial charge on any atom is 0.132 e. The van der Waals surface area contributed by atoms with E-state index in [-0.39, 0.29) is 6.23 Å². The first-order valence-electron chi connectivity index (χ1n) is 6.28. The van der Waals surface area contributed by atoms with E-state index >= 15 is 0 Å². The zero-order chi connectivity index (χ0) is 11.0. The molecule has 1 saturated heterocycles. The number of fused-ring (bicyclic) bond motifs is 1. The Balaban J connectivity index is 1.81. The van der Waals surface area contributed by atoms with Crippen LogP contribution in [0.5, 0.6) is 0 Å². The van der Waals surface area contributed by atoms with Crippen LogP contribution in [0.1, 0.15) is 37.0 Å². The SMILES string of the molecule is OC1CCCc2cnc(CC3CCNC3)n21. The molecule has 3 heterocycles. The molecule has 0 amide bonds. The van der Waals surface area contributed by atoms with Gasteiger partial charge in [-0.1, -0.05) is 0 Å². The number of aliphatic hydroxyl groups excluding tert-OH is 1. The zero-order valence-electron chi connectivity index (χ0n) is 9.52. The van der Waals surface area contributed by atoms with E-state index in [1.807, 2.05) is 6.20 Å². The average Bonchev–Trinajstić information content (AvgIpc) is 2.90. The first-order chi connectivity index (χ1) is 7.84. The number of hydrogen-bond donors (Lipinski definition) is 2. The summed E-state index contributed by atoms with van der Waals surface area (Å²) in [5.41, 5.74) is 1.21. The molecule has 0 saturated carbocycles. The van der Waals surface area contributed by atoms with Gasteiger partial charge in [-0.3, -0.25) is 0 Å². The van der Waals surface area contributed by atoms with E-state index < -0.39 is 0 Å². The number of nitrogens with zero attached hydrogens (tertiary/aromatic N) is 2. The summed E-state index contributed by atoms with van der Waals surface area (Å²) < 4.78 is 2.06. The summed E-state index contributed by atoms with van der Waals surface area (Å²) in [6.45, 7) is 2.22. The van der Waals surface area contributed by atoms with Crippen molar-refractivity contribution in [1.29, 1.82) is 0 Å². The van der Waals surface area contributed by atoms with Gasteiger partial charge < -0.3 is 15.0 Å². The van der Waals surface area contributed by atoms with E-state index in [9.17, 15) is 5.11 Å². The van der Waals surface area contributed by atoms with Crippen molar-refractivity contribution in [3.05, 3.63) is 17.7 Å². The lowest BCUT2D eigenvalue weighted by Gasteiger charge is -2.23. The highest BCUT2D eigenvalue weighted by molar-refractivity contribution is 5.10. The Labute approximate surface area is 95.7 Å². The van der Waals surface area contributed by atoms with Crippen molar-refractivity contribution in [3.63, 3.8) is 0 Å². The highest BCUT2D eigenvalue weighted by atomic mass is 16.3. The molecule has 0 aromatic carbocycles. The topological polar surface area (TPSA) is 50.1 Å². The van der Waals surface area contributed by atoms with Crippen molar-refractivity contribution in [3.8, 4) is 0 Å². The lowest BCUT2D eigenvalue weighted by molar-refractivity contribution is 0.0752. The number of aryl methyl sites for hydroxylation is 1. The summed E-state index contributed by atoms with van der Waals surface area (Å²) >= 11 is 0. The van der Waals surface area contributed by atoms with Gasteiger partial charge in [0.15, 0.2) is 0 Å². The molecule has 2 N–H and O–H groups in total. The third-order valence-electron chi connectivity index (χ3n) is 3.78. The van der Waals surface area contributed by atoms with Crippen LogP contribution in [0.25, 0.3) is 0 Å². The molecule has 0 spiro atoms. The predicted octanol–water partition coefficient (Wildman–Crippen LogP) is 0.862. The molecule has 16 heavy (non-hydrogen) atoms. The average molecular weight is 221 g/mol. The minimum atomic E-state index is -0.337. The molecule has 0 bridgehead atoms. The summed E-state index contributed by atoms with van der Waals surface area (Å²) in [6, 6.07) is 0. The van der Waals surface area contributed by atoms with E-state index in [1.165, 1.54) is 12.1 Å². The Morgan fingerprint density at radius 2 is 2.44 bits per heavy atom. The monoisotopic (exact) mass is 221 g/mol. The van der Waals surface area contributed by atoms with Crippen LogP contribution in [0.4, 0.5) is 0 Å². The summed E-state index contributed by atoms with van der Waals surface area (Å²) in [7, 11) is 0. The fourth-order valence-electron chi connectivity index (χ4n) is 2.88. The second kappa shape index (κ2) is 4.18. The summed E-state index contributed by atoms with van der Waals surface area (Å²) in [6.07, 6.45) is 6.86. The van der Waals surface area contributed by atoms with Crippen LogP contribution in [0.2, 0.25) is 0 Å². The molecule has 3 rings (SSSR count). The third kappa shape index (κ3) is 1.76. The second-order valence-corrected chi connectivity index (χ2v) is 4.97. The fraction of sp³-hybridized carbons (Fsp3) is 0.750. The van der Waals surface area contributed by atoms with Gasteiger partial charge in [-0.25, -0.2) is 4.98 Å². The summed E-state index contributed by atoms with van der Waals surface area (Å²) in [4.78, 5) is 4.49. The van der Waals surface area contributed by atoms with Gasteiger partial charge in [0.25, 0.3) is 0 Å². The van der Waals surface area contributed by atoms with Gasteiger partial charge in [-0.15, -0.1) is 0 Å². The lowest BCUT2D eigenvalue weighted by atomic mass is 10.0. The van der Waals surface area contributed by atoms with E-state index in [2.05, 4.69) is 14.9 Å². The predicted molar refractivity (Wildman–Crippen MR) is 61.1 cm³/mol. The van der Waals surface area contributed by atoms with Gasteiger partial charge in [0, 0.05) is 18.3 Å². The molecule has 2 atom stereocenters. The smallest absolute Gasteiger partial charge is 0.132 e. The van der Waals surface area contributed by atoms with Crippen LogP contribution < -0.4 is 5.32 Å². The van der Waals surface area contributed by atoms with Gasteiger partial charge in [0.2, 0.25) is 0 Å².